The van der Waals surface area contributed by atoms with Gasteiger partial charge in [0.2, 0.25) is 5.91 Å². The van der Waals surface area contributed by atoms with Gasteiger partial charge < -0.3 is 5.73 Å². The molecule has 0 aliphatic carbocycles. The quantitative estimate of drug-likeness (QED) is 0.710. The van der Waals surface area contributed by atoms with Gasteiger partial charge in [0.1, 0.15) is 5.50 Å². The highest BCUT2D eigenvalue weighted by molar-refractivity contribution is 8.03. The van der Waals surface area contributed by atoms with Crippen molar-refractivity contribution < 1.29 is 4.79 Å². The van der Waals surface area contributed by atoms with Crippen LogP contribution < -0.4 is 5.73 Å². The number of carbonyl (C=O) groups excluding carboxylic acids is 1. The summed E-state index contributed by atoms with van der Waals surface area (Å²) in [6.45, 7) is 3.91. The van der Waals surface area contributed by atoms with E-state index in [1.807, 2.05) is 13.1 Å². The summed E-state index contributed by atoms with van der Waals surface area (Å²) < 4.78 is 0. The van der Waals surface area contributed by atoms with Crippen molar-refractivity contribution in [3.63, 3.8) is 0 Å². The molecular weight excluding hydrogens is 172 g/mol. The Morgan fingerprint density at radius 2 is 2.42 bits per heavy atom. The van der Waals surface area contributed by atoms with Crippen LogP contribution in [0.1, 0.15) is 26.7 Å². The van der Waals surface area contributed by atoms with E-state index < -0.39 is 0 Å². The van der Waals surface area contributed by atoms with Gasteiger partial charge in [0.15, 0.2) is 0 Å². The Bertz CT molecular complexity index is 215. The molecule has 0 aromatic carbocycles. The minimum atomic E-state index is -0.201. The molecule has 1 amide bonds. The van der Waals surface area contributed by atoms with Crippen molar-refractivity contribution in [3.05, 3.63) is 11.1 Å². The first-order chi connectivity index (χ1) is 5.69. The van der Waals surface area contributed by atoms with Crippen LogP contribution in [0.5, 0.6) is 0 Å². The fourth-order valence-corrected chi connectivity index (χ4v) is 1.99. The Hall–Kier alpha value is -0.480. The first-order valence-corrected chi connectivity index (χ1v) is 5.01. The zero-order chi connectivity index (χ0) is 9.14. The van der Waals surface area contributed by atoms with Crippen molar-refractivity contribution in [2.45, 2.75) is 32.2 Å². The van der Waals surface area contributed by atoms with Gasteiger partial charge in [-0.25, -0.2) is 0 Å². The van der Waals surface area contributed by atoms with Crippen molar-refractivity contribution in [3.8, 4) is 0 Å². The Labute approximate surface area is 77.0 Å². The molecule has 1 rings (SSSR count). The number of hydrogen-bond donors (Lipinski definition) is 1. The molecular formula is C8H14N2OS. The molecule has 4 heteroatoms. The summed E-state index contributed by atoms with van der Waals surface area (Å²) in [5.41, 5.74) is 5.54. The lowest BCUT2D eigenvalue weighted by Crippen LogP contribution is -2.36. The average Bonchev–Trinajstić information content (AvgIpc) is 2.45. The normalized spacial score (nSPS) is 22.8. The number of amides is 1. The van der Waals surface area contributed by atoms with E-state index in [0.29, 0.717) is 6.42 Å². The van der Waals surface area contributed by atoms with Crippen LogP contribution in [0.3, 0.4) is 0 Å². The van der Waals surface area contributed by atoms with Gasteiger partial charge in [0.25, 0.3) is 0 Å². The number of thioether (sulfide) groups is 1. The lowest BCUT2D eigenvalue weighted by Gasteiger charge is -2.17. The standard InChI is InChI=1S/C8H14N2OS/c1-3-6-5-10(7(11)4-2)8(9)12-6/h5,8H,3-4,9H2,1-2H3. The Morgan fingerprint density at radius 1 is 1.75 bits per heavy atom. The van der Waals surface area contributed by atoms with E-state index in [2.05, 4.69) is 6.92 Å². The van der Waals surface area contributed by atoms with Crippen molar-refractivity contribution in [2.75, 3.05) is 0 Å². The van der Waals surface area contributed by atoms with Crippen LogP contribution in [0, 0.1) is 0 Å². The van der Waals surface area contributed by atoms with E-state index in [1.54, 1.807) is 16.7 Å². The maximum Gasteiger partial charge on any atom is 0.228 e. The van der Waals surface area contributed by atoms with Gasteiger partial charge in [0.05, 0.1) is 0 Å². The molecule has 1 atom stereocenters. The maximum atomic E-state index is 11.3. The minimum Gasteiger partial charge on any atom is -0.302 e. The summed E-state index contributed by atoms with van der Waals surface area (Å²) in [6.07, 6.45) is 3.33. The maximum absolute atomic E-state index is 11.3. The Kier molecular flexibility index (Phi) is 3.17. The smallest absolute Gasteiger partial charge is 0.228 e. The molecule has 68 valence electrons. The molecule has 0 saturated carbocycles. The number of allylic oxidation sites excluding steroid dienone is 1. The first kappa shape index (κ1) is 9.61. The first-order valence-electron chi connectivity index (χ1n) is 4.13. The van der Waals surface area contributed by atoms with Gasteiger partial charge in [-0.15, -0.1) is 0 Å². The molecule has 0 aromatic rings. The zero-order valence-corrected chi connectivity index (χ0v) is 8.23. The summed E-state index contributed by atoms with van der Waals surface area (Å²) in [4.78, 5) is 14.1. The largest absolute Gasteiger partial charge is 0.302 e. The molecule has 1 aliphatic heterocycles. The van der Waals surface area contributed by atoms with Gasteiger partial charge in [-0.3, -0.25) is 9.69 Å². The highest BCUT2D eigenvalue weighted by atomic mass is 32.2. The third kappa shape index (κ3) is 1.81. The molecule has 12 heavy (non-hydrogen) atoms. The lowest BCUT2D eigenvalue weighted by molar-refractivity contribution is -0.128. The topological polar surface area (TPSA) is 46.3 Å². The SMILES string of the molecule is CCC(=O)N1C=C(CC)SC1N. The lowest BCUT2D eigenvalue weighted by atomic mass is 10.4. The number of hydrogen-bond acceptors (Lipinski definition) is 3. The molecule has 1 heterocycles. The van der Waals surface area contributed by atoms with Gasteiger partial charge in [-0.05, 0) is 6.42 Å². The Morgan fingerprint density at radius 3 is 2.83 bits per heavy atom. The molecule has 1 aliphatic rings. The third-order valence-electron chi connectivity index (χ3n) is 1.77. The van der Waals surface area contributed by atoms with Crippen LogP contribution >= 0.6 is 11.8 Å². The summed E-state index contributed by atoms with van der Waals surface area (Å²) in [5.74, 6) is 0.0958. The molecule has 1 unspecified atom stereocenters. The van der Waals surface area contributed by atoms with Crippen LogP contribution in [0.25, 0.3) is 0 Å². The monoisotopic (exact) mass is 186 g/mol. The van der Waals surface area contributed by atoms with E-state index in [1.165, 1.54) is 4.91 Å². The molecule has 2 N–H and O–H groups in total. The van der Waals surface area contributed by atoms with E-state index in [9.17, 15) is 4.79 Å². The van der Waals surface area contributed by atoms with Crippen LogP contribution in [0.2, 0.25) is 0 Å². The van der Waals surface area contributed by atoms with Crippen LogP contribution in [-0.2, 0) is 4.79 Å². The van der Waals surface area contributed by atoms with Crippen molar-refractivity contribution in [1.29, 1.82) is 0 Å². The summed E-state index contributed by atoms with van der Waals surface area (Å²) >= 11 is 1.56. The van der Waals surface area contributed by atoms with Crippen molar-refractivity contribution >= 4 is 17.7 Å². The van der Waals surface area contributed by atoms with Gasteiger partial charge >= 0.3 is 0 Å². The molecule has 3 nitrogen and oxygen atoms in total. The summed E-state index contributed by atoms with van der Waals surface area (Å²) in [7, 11) is 0. The van der Waals surface area contributed by atoms with Crippen LogP contribution in [0.15, 0.2) is 11.1 Å². The fraction of sp³-hybridized carbons (Fsp3) is 0.625. The fourth-order valence-electron chi connectivity index (χ4n) is 1.04. The molecule has 0 bridgehead atoms. The predicted molar refractivity (Wildman–Crippen MR) is 51.1 cm³/mol. The third-order valence-corrected chi connectivity index (χ3v) is 2.93. The van der Waals surface area contributed by atoms with Gasteiger partial charge in [-0.1, -0.05) is 25.6 Å². The molecule has 0 aromatic heterocycles. The van der Waals surface area contributed by atoms with Crippen LogP contribution in [0.4, 0.5) is 0 Å². The second-order valence-corrected chi connectivity index (χ2v) is 3.86. The molecule has 0 spiro atoms. The van der Waals surface area contributed by atoms with E-state index >= 15 is 0 Å². The number of rotatable bonds is 2. The van der Waals surface area contributed by atoms with Crippen molar-refractivity contribution in [1.82, 2.24) is 4.90 Å². The summed E-state index contributed by atoms with van der Waals surface area (Å²) in [5, 5.41) is 0. The van der Waals surface area contributed by atoms with E-state index in [0.717, 1.165) is 6.42 Å². The number of nitrogens with zero attached hydrogens (tertiary/aromatic N) is 1. The number of nitrogens with two attached hydrogens (primary N) is 1. The molecule has 0 fully saturated rings. The van der Waals surface area contributed by atoms with Crippen LogP contribution in [-0.4, -0.2) is 16.3 Å². The van der Waals surface area contributed by atoms with Crippen molar-refractivity contribution in [2.24, 2.45) is 5.73 Å². The average molecular weight is 186 g/mol. The molecule has 0 radical (unpaired) electrons. The second kappa shape index (κ2) is 3.96. The van der Waals surface area contributed by atoms with Gasteiger partial charge in [0, 0.05) is 17.5 Å². The molecule has 0 saturated heterocycles. The summed E-state index contributed by atoms with van der Waals surface area (Å²) in [6, 6.07) is 0. The number of carbonyl (C=O) groups is 1. The van der Waals surface area contributed by atoms with E-state index in [-0.39, 0.29) is 11.4 Å². The van der Waals surface area contributed by atoms with E-state index in [4.69, 9.17) is 5.73 Å². The minimum absolute atomic E-state index is 0.0958. The Balaban J connectivity index is 2.66. The second-order valence-electron chi connectivity index (χ2n) is 2.61. The van der Waals surface area contributed by atoms with Gasteiger partial charge in [-0.2, -0.15) is 0 Å². The zero-order valence-electron chi connectivity index (χ0n) is 7.41. The predicted octanol–water partition coefficient (Wildman–Crippen LogP) is 1.47. The highest BCUT2D eigenvalue weighted by Gasteiger charge is 2.24. The highest BCUT2D eigenvalue weighted by Crippen LogP contribution is 2.31.